The summed E-state index contributed by atoms with van der Waals surface area (Å²) in [7, 11) is 0. The van der Waals surface area contributed by atoms with Gasteiger partial charge in [0.15, 0.2) is 0 Å². The van der Waals surface area contributed by atoms with Gasteiger partial charge in [-0.25, -0.2) is 4.98 Å². The van der Waals surface area contributed by atoms with Crippen molar-refractivity contribution in [2.75, 3.05) is 5.73 Å². The maximum absolute atomic E-state index is 5.72. The number of anilines is 1. The summed E-state index contributed by atoms with van der Waals surface area (Å²) in [6.45, 7) is 2.05. The lowest BCUT2D eigenvalue weighted by atomic mass is 10.1. The summed E-state index contributed by atoms with van der Waals surface area (Å²) in [6.07, 6.45) is 3.23. The third kappa shape index (κ3) is 1.57. The van der Waals surface area contributed by atoms with Crippen LogP contribution < -0.4 is 5.73 Å². The van der Waals surface area contributed by atoms with Gasteiger partial charge in [0, 0.05) is 18.0 Å². The molecule has 0 amide bonds. The molecule has 70 valence electrons. The molecule has 1 aromatic carbocycles. The maximum Gasteiger partial charge on any atom is 0.149 e. The van der Waals surface area contributed by atoms with Crippen LogP contribution in [0.3, 0.4) is 0 Å². The predicted octanol–water partition coefficient (Wildman–Crippen LogP) is 2.03. The van der Waals surface area contributed by atoms with Crippen LogP contribution in [0.25, 0.3) is 11.3 Å². The number of aryl methyl sites for hydroxylation is 1. The van der Waals surface area contributed by atoms with Gasteiger partial charge in [-0.15, -0.1) is 0 Å². The highest BCUT2D eigenvalue weighted by Crippen LogP contribution is 2.20. The Labute approximate surface area is 82.6 Å². The molecule has 0 fully saturated rings. The van der Waals surface area contributed by atoms with Crippen molar-refractivity contribution in [1.29, 1.82) is 0 Å². The van der Waals surface area contributed by atoms with Gasteiger partial charge in [-0.1, -0.05) is 29.8 Å². The summed E-state index contributed by atoms with van der Waals surface area (Å²) in [5.74, 6) is 0.469. The summed E-state index contributed by atoms with van der Waals surface area (Å²) < 4.78 is 0. The molecule has 0 aliphatic heterocycles. The lowest BCUT2D eigenvalue weighted by Gasteiger charge is -2.02. The molecule has 14 heavy (non-hydrogen) atoms. The molecule has 0 aliphatic rings. The van der Waals surface area contributed by atoms with Crippen LogP contribution in [0, 0.1) is 6.92 Å². The molecule has 0 saturated heterocycles. The van der Waals surface area contributed by atoms with Crippen molar-refractivity contribution < 1.29 is 0 Å². The lowest BCUT2D eigenvalue weighted by molar-refractivity contribution is 1.21. The van der Waals surface area contributed by atoms with Crippen molar-refractivity contribution in [3.8, 4) is 11.3 Å². The normalized spacial score (nSPS) is 10.1. The van der Waals surface area contributed by atoms with E-state index in [0.717, 1.165) is 11.3 Å². The fraction of sp³-hybridized carbons (Fsp3) is 0.0909. The molecule has 0 spiro atoms. The molecule has 0 atom stereocenters. The van der Waals surface area contributed by atoms with Gasteiger partial charge in [-0.3, -0.25) is 4.98 Å². The maximum atomic E-state index is 5.72. The van der Waals surface area contributed by atoms with Crippen molar-refractivity contribution >= 4 is 5.82 Å². The van der Waals surface area contributed by atoms with Crippen molar-refractivity contribution in [2.45, 2.75) is 6.92 Å². The number of hydrogen-bond donors (Lipinski definition) is 1. The van der Waals surface area contributed by atoms with Gasteiger partial charge in [0.05, 0.1) is 0 Å². The summed E-state index contributed by atoms with van der Waals surface area (Å²) in [4.78, 5) is 8.18. The number of rotatable bonds is 1. The molecule has 3 heteroatoms. The minimum absolute atomic E-state index is 0.469. The van der Waals surface area contributed by atoms with E-state index in [1.807, 2.05) is 31.2 Å². The predicted molar refractivity (Wildman–Crippen MR) is 56.6 cm³/mol. The van der Waals surface area contributed by atoms with Gasteiger partial charge >= 0.3 is 0 Å². The van der Waals surface area contributed by atoms with Gasteiger partial charge in [-0.05, 0) is 6.92 Å². The van der Waals surface area contributed by atoms with Crippen molar-refractivity contribution in [3.63, 3.8) is 0 Å². The van der Waals surface area contributed by atoms with Crippen LogP contribution in [0.5, 0.6) is 0 Å². The van der Waals surface area contributed by atoms with Crippen LogP contribution in [0.4, 0.5) is 5.82 Å². The first-order chi connectivity index (χ1) is 6.77. The van der Waals surface area contributed by atoms with E-state index in [1.54, 1.807) is 12.4 Å². The average molecular weight is 185 g/mol. The Morgan fingerprint density at radius 2 is 1.64 bits per heavy atom. The van der Waals surface area contributed by atoms with E-state index in [4.69, 9.17) is 5.73 Å². The Morgan fingerprint density at radius 1 is 1.00 bits per heavy atom. The highest BCUT2D eigenvalue weighted by atomic mass is 14.9. The van der Waals surface area contributed by atoms with Gasteiger partial charge in [-0.2, -0.15) is 0 Å². The Morgan fingerprint density at radius 3 is 2.29 bits per heavy atom. The van der Waals surface area contributed by atoms with Crippen LogP contribution in [0.1, 0.15) is 5.56 Å². The zero-order valence-electron chi connectivity index (χ0n) is 7.94. The van der Waals surface area contributed by atoms with Gasteiger partial charge < -0.3 is 5.73 Å². The third-order valence-electron chi connectivity index (χ3n) is 2.05. The topological polar surface area (TPSA) is 51.8 Å². The summed E-state index contributed by atoms with van der Waals surface area (Å²) in [5.41, 5.74) is 8.68. The zero-order chi connectivity index (χ0) is 9.97. The fourth-order valence-corrected chi connectivity index (χ4v) is 1.28. The van der Waals surface area contributed by atoms with E-state index in [-0.39, 0.29) is 0 Å². The van der Waals surface area contributed by atoms with E-state index in [9.17, 15) is 0 Å². The van der Waals surface area contributed by atoms with Gasteiger partial charge in [0.2, 0.25) is 0 Å². The van der Waals surface area contributed by atoms with E-state index in [2.05, 4.69) is 9.97 Å². The van der Waals surface area contributed by atoms with E-state index >= 15 is 0 Å². The number of nitrogen functional groups attached to an aromatic ring is 1. The Balaban J connectivity index is 2.50. The van der Waals surface area contributed by atoms with E-state index in [1.165, 1.54) is 5.56 Å². The minimum Gasteiger partial charge on any atom is -0.382 e. The van der Waals surface area contributed by atoms with Crippen LogP contribution in [0.15, 0.2) is 36.7 Å². The van der Waals surface area contributed by atoms with Crippen molar-refractivity contribution in [1.82, 2.24) is 9.97 Å². The lowest BCUT2D eigenvalue weighted by Crippen LogP contribution is -1.95. The van der Waals surface area contributed by atoms with Crippen LogP contribution in [0.2, 0.25) is 0 Å². The van der Waals surface area contributed by atoms with Crippen LogP contribution in [-0.2, 0) is 0 Å². The van der Waals surface area contributed by atoms with Crippen molar-refractivity contribution in [2.24, 2.45) is 0 Å². The summed E-state index contributed by atoms with van der Waals surface area (Å²) in [5, 5.41) is 0. The molecule has 1 heterocycles. The first-order valence-electron chi connectivity index (χ1n) is 4.41. The quantitative estimate of drug-likeness (QED) is 0.739. The molecule has 0 aliphatic carbocycles. The molecule has 0 unspecified atom stereocenters. The fourth-order valence-electron chi connectivity index (χ4n) is 1.28. The third-order valence-corrected chi connectivity index (χ3v) is 2.05. The molecule has 0 bridgehead atoms. The molecular formula is C11H11N3. The monoisotopic (exact) mass is 185 g/mol. The van der Waals surface area contributed by atoms with Crippen molar-refractivity contribution in [3.05, 3.63) is 42.2 Å². The largest absolute Gasteiger partial charge is 0.382 e. The van der Waals surface area contributed by atoms with Crippen LogP contribution >= 0.6 is 0 Å². The van der Waals surface area contributed by atoms with Gasteiger partial charge in [0.25, 0.3) is 0 Å². The SMILES string of the molecule is Cc1ccc(-c2nccnc2N)cc1. The van der Waals surface area contributed by atoms with E-state index < -0.39 is 0 Å². The van der Waals surface area contributed by atoms with Crippen LogP contribution in [-0.4, -0.2) is 9.97 Å². The van der Waals surface area contributed by atoms with Gasteiger partial charge in [0.1, 0.15) is 11.5 Å². The average Bonchev–Trinajstić information content (AvgIpc) is 2.20. The molecule has 0 saturated carbocycles. The standard InChI is InChI=1S/C11H11N3/c1-8-2-4-9(5-3-8)10-11(12)14-7-6-13-10/h2-7H,1H3,(H2,12,14). The Hall–Kier alpha value is -1.90. The number of hydrogen-bond acceptors (Lipinski definition) is 3. The first-order valence-corrected chi connectivity index (χ1v) is 4.41. The Kier molecular flexibility index (Phi) is 2.14. The first kappa shape index (κ1) is 8.69. The second-order valence-corrected chi connectivity index (χ2v) is 3.16. The molecule has 2 aromatic rings. The highest BCUT2D eigenvalue weighted by molar-refractivity contribution is 5.69. The zero-order valence-corrected chi connectivity index (χ0v) is 7.94. The Bertz CT molecular complexity index is 435. The van der Waals surface area contributed by atoms with E-state index in [0.29, 0.717) is 5.82 Å². The number of nitrogens with two attached hydrogens (primary N) is 1. The molecule has 2 rings (SSSR count). The molecule has 0 radical (unpaired) electrons. The minimum atomic E-state index is 0.469. The molecule has 1 aromatic heterocycles. The highest BCUT2D eigenvalue weighted by Gasteiger charge is 2.02. The number of nitrogens with zero attached hydrogens (tertiary/aromatic N) is 2. The molecule has 3 nitrogen and oxygen atoms in total. The second-order valence-electron chi connectivity index (χ2n) is 3.16. The number of benzene rings is 1. The number of aromatic nitrogens is 2. The summed E-state index contributed by atoms with van der Waals surface area (Å²) in [6, 6.07) is 8.05. The molecule has 2 N–H and O–H groups in total. The second kappa shape index (κ2) is 3.46. The molecular weight excluding hydrogens is 174 g/mol. The smallest absolute Gasteiger partial charge is 0.149 e. The summed E-state index contributed by atoms with van der Waals surface area (Å²) >= 11 is 0.